The van der Waals surface area contributed by atoms with E-state index < -0.39 is 9.84 Å². The van der Waals surface area contributed by atoms with E-state index in [0.29, 0.717) is 19.6 Å². The Hall–Kier alpha value is -1.54. The molecule has 1 aromatic heterocycles. The highest BCUT2D eigenvalue weighted by molar-refractivity contribution is 7.91. The van der Waals surface area contributed by atoms with Crippen molar-refractivity contribution in [2.75, 3.05) is 38.7 Å². The van der Waals surface area contributed by atoms with Gasteiger partial charge in [0.2, 0.25) is 0 Å². The number of nitrogens with zero attached hydrogens (tertiary/aromatic N) is 3. The van der Waals surface area contributed by atoms with Gasteiger partial charge in [-0.2, -0.15) is 0 Å². The molecule has 0 spiro atoms. The van der Waals surface area contributed by atoms with Crippen LogP contribution in [0.15, 0.2) is 16.5 Å². The number of carbonyl (C=O) groups is 1. The van der Waals surface area contributed by atoms with Crippen LogP contribution >= 0.6 is 0 Å². The van der Waals surface area contributed by atoms with Gasteiger partial charge in [-0.3, -0.25) is 4.90 Å². The molecule has 0 radical (unpaired) electrons. The Morgan fingerprint density at radius 2 is 1.88 bits per heavy atom. The molecule has 0 aromatic carbocycles. The van der Waals surface area contributed by atoms with Crippen LogP contribution in [-0.2, 0) is 22.8 Å². The largest absolute Gasteiger partial charge is 0.465 e. The Kier molecular flexibility index (Phi) is 5.11. The molecule has 2 amide bonds. The van der Waals surface area contributed by atoms with Gasteiger partial charge in [0, 0.05) is 39.6 Å². The van der Waals surface area contributed by atoms with Crippen molar-refractivity contribution in [2.45, 2.75) is 38.4 Å². The molecule has 0 saturated carbocycles. The normalized spacial score (nSPS) is 25.8. The van der Waals surface area contributed by atoms with Gasteiger partial charge < -0.3 is 14.2 Å². The Balaban J connectivity index is 1.77. The third kappa shape index (κ3) is 3.84. The van der Waals surface area contributed by atoms with Crippen LogP contribution in [0.4, 0.5) is 4.79 Å². The maximum absolute atomic E-state index is 12.4. The third-order valence-electron chi connectivity index (χ3n) is 4.99. The monoisotopic (exact) mass is 369 g/mol. The molecule has 2 fully saturated rings. The number of aryl methyl sites for hydroxylation is 1. The summed E-state index contributed by atoms with van der Waals surface area (Å²) >= 11 is 0. The SMILES string of the molecule is CCCc1ccc(CN2CCN(C(=O)N(C)C)[C@H]3CS(=O)(=O)C[C@H]32)o1. The van der Waals surface area contributed by atoms with E-state index in [9.17, 15) is 13.2 Å². The first-order chi connectivity index (χ1) is 11.8. The molecule has 2 aliphatic rings. The van der Waals surface area contributed by atoms with Gasteiger partial charge in [0.15, 0.2) is 9.84 Å². The zero-order chi connectivity index (χ0) is 18.2. The topological polar surface area (TPSA) is 74.1 Å². The van der Waals surface area contributed by atoms with Crippen molar-refractivity contribution in [3.05, 3.63) is 23.7 Å². The maximum Gasteiger partial charge on any atom is 0.319 e. The quantitative estimate of drug-likeness (QED) is 0.797. The molecule has 0 unspecified atom stereocenters. The second-order valence-electron chi connectivity index (χ2n) is 7.17. The van der Waals surface area contributed by atoms with Crippen LogP contribution in [0.2, 0.25) is 0 Å². The zero-order valence-electron chi connectivity index (χ0n) is 15.1. The zero-order valence-corrected chi connectivity index (χ0v) is 16.0. The number of hydrogen-bond donors (Lipinski definition) is 0. The lowest BCUT2D eigenvalue weighted by Crippen LogP contribution is -2.61. The third-order valence-corrected chi connectivity index (χ3v) is 6.69. The number of furan rings is 1. The van der Waals surface area contributed by atoms with Crippen molar-refractivity contribution < 1.29 is 17.6 Å². The number of urea groups is 1. The highest BCUT2D eigenvalue weighted by Crippen LogP contribution is 2.29. The molecule has 3 rings (SSSR count). The molecule has 0 N–H and O–H groups in total. The fraction of sp³-hybridized carbons (Fsp3) is 0.706. The van der Waals surface area contributed by atoms with Gasteiger partial charge in [-0.05, 0) is 18.6 Å². The number of carbonyl (C=O) groups excluding carboxylic acids is 1. The summed E-state index contributed by atoms with van der Waals surface area (Å²) in [4.78, 5) is 17.8. The van der Waals surface area contributed by atoms with Crippen LogP contribution in [0.25, 0.3) is 0 Å². The molecular formula is C17H27N3O4S. The predicted octanol–water partition coefficient (Wildman–Crippen LogP) is 1.20. The minimum atomic E-state index is -3.13. The van der Waals surface area contributed by atoms with Crippen LogP contribution in [0, 0.1) is 0 Å². The van der Waals surface area contributed by atoms with E-state index in [0.717, 1.165) is 24.4 Å². The summed E-state index contributed by atoms with van der Waals surface area (Å²) in [6.45, 7) is 3.89. The summed E-state index contributed by atoms with van der Waals surface area (Å²) in [5, 5.41) is 0. The molecule has 0 aliphatic carbocycles. The van der Waals surface area contributed by atoms with Crippen LogP contribution < -0.4 is 0 Å². The van der Waals surface area contributed by atoms with Crippen molar-refractivity contribution in [1.29, 1.82) is 0 Å². The highest BCUT2D eigenvalue weighted by Gasteiger charge is 2.48. The number of amides is 2. The number of fused-ring (bicyclic) bond motifs is 1. The predicted molar refractivity (Wildman–Crippen MR) is 95.1 cm³/mol. The molecular weight excluding hydrogens is 342 g/mol. The number of rotatable bonds is 4. The highest BCUT2D eigenvalue weighted by atomic mass is 32.2. The van der Waals surface area contributed by atoms with Crippen molar-refractivity contribution in [2.24, 2.45) is 0 Å². The van der Waals surface area contributed by atoms with E-state index in [-0.39, 0.29) is 29.6 Å². The summed E-state index contributed by atoms with van der Waals surface area (Å²) < 4.78 is 30.3. The second kappa shape index (κ2) is 6.99. The molecule has 140 valence electrons. The first kappa shape index (κ1) is 18.3. The van der Waals surface area contributed by atoms with Crippen molar-refractivity contribution in [1.82, 2.24) is 14.7 Å². The Morgan fingerprint density at radius 3 is 2.56 bits per heavy atom. The Morgan fingerprint density at radius 1 is 1.20 bits per heavy atom. The molecule has 2 atom stereocenters. The molecule has 0 bridgehead atoms. The fourth-order valence-corrected chi connectivity index (χ4v) is 5.82. The number of sulfone groups is 1. The lowest BCUT2D eigenvalue weighted by atomic mass is 10.0. The van der Waals surface area contributed by atoms with Crippen molar-refractivity contribution in [3.8, 4) is 0 Å². The summed E-state index contributed by atoms with van der Waals surface area (Å²) in [7, 11) is 0.265. The van der Waals surface area contributed by atoms with Gasteiger partial charge in [0.05, 0.1) is 24.1 Å². The van der Waals surface area contributed by atoms with Gasteiger partial charge in [-0.25, -0.2) is 13.2 Å². The molecule has 25 heavy (non-hydrogen) atoms. The molecule has 7 nitrogen and oxygen atoms in total. The van der Waals surface area contributed by atoms with Crippen LogP contribution in [0.1, 0.15) is 24.9 Å². The summed E-state index contributed by atoms with van der Waals surface area (Å²) in [6.07, 6.45) is 1.94. The molecule has 2 aliphatic heterocycles. The van der Waals surface area contributed by atoms with Crippen LogP contribution in [-0.4, -0.2) is 79.9 Å². The van der Waals surface area contributed by atoms with E-state index in [1.54, 1.807) is 19.0 Å². The van der Waals surface area contributed by atoms with Gasteiger partial charge in [0.1, 0.15) is 11.5 Å². The minimum Gasteiger partial charge on any atom is -0.465 e. The van der Waals surface area contributed by atoms with Gasteiger partial charge in [-0.1, -0.05) is 6.92 Å². The fourth-order valence-electron chi connectivity index (χ4n) is 3.80. The van der Waals surface area contributed by atoms with E-state index in [1.807, 2.05) is 12.1 Å². The lowest BCUT2D eigenvalue weighted by Gasteiger charge is -2.44. The number of piperazine rings is 1. The summed E-state index contributed by atoms with van der Waals surface area (Å²) in [6, 6.07) is 3.41. The molecule has 8 heteroatoms. The summed E-state index contributed by atoms with van der Waals surface area (Å²) in [5.41, 5.74) is 0. The van der Waals surface area contributed by atoms with Crippen LogP contribution in [0.3, 0.4) is 0 Å². The molecule has 3 heterocycles. The van der Waals surface area contributed by atoms with Crippen molar-refractivity contribution >= 4 is 15.9 Å². The minimum absolute atomic E-state index is 0.0486. The first-order valence-electron chi connectivity index (χ1n) is 8.80. The maximum atomic E-state index is 12.4. The standard InChI is InChI=1S/C17H27N3O4S/c1-4-5-13-6-7-14(24-13)10-19-8-9-20(17(21)18(2)3)16-12-25(22,23)11-15(16)19/h6-7,15-16H,4-5,8-12H2,1-3H3/t15-,16+/m1/s1. The van der Waals surface area contributed by atoms with E-state index in [4.69, 9.17) is 4.42 Å². The Labute approximate surface area is 149 Å². The molecule has 1 aromatic rings. The first-order valence-corrected chi connectivity index (χ1v) is 10.6. The Bertz CT molecular complexity index is 728. The van der Waals surface area contributed by atoms with Crippen LogP contribution in [0.5, 0.6) is 0 Å². The van der Waals surface area contributed by atoms with E-state index in [2.05, 4.69) is 11.8 Å². The van der Waals surface area contributed by atoms with E-state index >= 15 is 0 Å². The lowest BCUT2D eigenvalue weighted by molar-refractivity contribution is 0.0481. The van der Waals surface area contributed by atoms with Crippen molar-refractivity contribution in [3.63, 3.8) is 0 Å². The smallest absolute Gasteiger partial charge is 0.319 e. The van der Waals surface area contributed by atoms with Gasteiger partial charge in [0.25, 0.3) is 0 Å². The number of hydrogen-bond acceptors (Lipinski definition) is 5. The molecule has 2 saturated heterocycles. The second-order valence-corrected chi connectivity index (χ2v) is 9.32. The van der Waals surface area contributed by atoms with Gasteiger partial charge >= 0.3 is 6.03 Å². The van der Waals surface area contributed by atoms with Gasteiger partial charge in [-0.15, -0.1) is 0 Å². The summed E-state index contributed by atoms with van der Waals surface area (Å²) in [5.74, 6) is 1.98. The average molecular weight is 369 g/mol. The van der Waals surface area contributed by atoms with E-state index in [1.165, 1.54) is 4.90 Å². The average Bonchev–Trinajstić information content (AvgIpc) is 3.10.